The number of rotatable bonds is 8. The molecule has 0 saturated heterocycles. The molecule has 1 rings (SSSR count). The molecule has 1 nitrogen and oxygen atoms in total. The molecule has 1 unspecified atom stereocenters. The number of aliphatic hydroxyl groups is 1. The van der Waals surface area contributed by atoms with E-state index in [4.69, 9.17) is 0 Å². The van der Waals surface area contributed by atoms with E-state index in [9.17, 15) is 5.11 Å². The van der Waals surface area contributed by atoms with E-state index in [0.717, 1.165) is 22.2 Å². The van der Waals surface area contributed by atoms with Crippen LogP contribution in [-0.4, -0.2) is 5.11 Å². The van der Waals surface area contributed by atoms with E-state index in [1.165, 1.54) is 37.0 Å². The van der Waals surface area contributed by atoms with Crippen LogP contribution in [0.1, 0.15) is 67.7 Å². The molecule has 0 spiro atoms. The van der Waals surface area contributed by atoms with Crippen LogP contribution in [0, 0.1) is 6.92 Å². The number of hydrogen-bond donors (Lipinski definition) is 1. The number of aliphatic hydroxyl groups excluding tert-OH is 1. The smallest absolute Gasteiger partial charge is 0.0893 e. The zero-order valence-electron chi connectivity index (χ0n) is 10.8. The van der Waals surface area contributed by atoms with Gasteiger partial charge in [0.15, 0.2) is 0 Å². The van der Waals surface area contributed by atoms with E-state index in [-0.39, 0.29) is 6.10 Å². The van der Waals surface area contributed by atoms with Crippen LogP contribution in [0.25, 0.3) is 0 Å². The number of unbranched alkanes of at least 4 members (excludes halogenated alkanes) is 5. The van der Waals surface area contributed by atoms with Crippen LogP contribution < -0.4 is 0 Å². The van der Waals surface area contributed by atoms with E-state index in [1.807, 2.05) is 0 Å². The van der Waals surface area contributed by atoms with Crippen molar-refractivity contribution in [3.8, 4) is 0 Å². The summed E-state index contributed by atoms with van der Waals surface area (Å²) in [6.45, 7) is 4.32. The van der Waals surface area contributed by atoms with Gasteiger partial charge in [-0.1, -0.05) is 45.4 Å². The summed E-state index contributed by atoms with van der Waals surface area (Å²) in [4.78, 5) is 2.35. The lowest BCUT2D eigenvalue weighted by Crippen LogP contribution is -1.95. The van der Waals surface area contributed by atoms with Crippen molar-refractivity contribution in [1.29, 1.82) is 0 Å². The maximum Gasteiger partial charge on any atom is 0.0893 e. The third-order valence-corrected chi connectivity index (χ3v) is 5.04. The summed E-state index contributed by atoms with van der Waals surface area (Å²) in [5.74, 6) is 0. The average molecular weight is 319 g/mol. The summed E-state index contributed by atoms with van der Waals surface area (Å²) in [7, 11) is 0. The molecule has 98 valence electrons. The van der Waals surface area contributed by atoms with Crippen molar-refractivity contribution in [1.82, 2.24) is 0 Å². The molecule has 17 heavy (non-hydrogen) atoms. The molecule has 1 atom stereocenters. The molecule has 1 aromatic heterocycles. The summed E-state index contributed by atoms with van der Waals surface area (Å²) >= 11 is 5.21. The van der Waals surface area contributed by atoms with Gasteiger partial charge in [-0.15, -0.1) is 11.3 Å². The largest absolute Gasteiger partial charge is 0.388 e. The van der Waals surface area contributed by atoms with Crippen LogP contribution in [0.5, 0.6) is 0 Å². The standard InChI is InChI=1S/C14H23BrOS/c1-3-4-5-6-7-8-9-13(16)14-12(15)10-11(2)17-14/h10,13,16H,3-9H2,1-2H3. The Labute approximate surface area is 117 Å². The van der Waals surface area contributed by atoms with E-state index < -0.39 is 0 Å². The van der Waals surface area contributed by atoms with Gasteiger partial charge in [0.25, 0.3) is 0 Å². The first-order valence-electron chi connectivity index (χ1n) is 6.59. The van der Waals surface area contributed by atoms with E-state index >= 15 is 0 Å². The summed E-state index contributed by atoms with van der Waals surface area (Å²) in [5.41, 5.74) is 0. The highest BCUT2D eigenvalue weighted by Gasteiger charge is 2.13. The Morgan fingerprint density at radius 2 is 1.88 bits per heavy atom. The van der Waals surface area contributed by atoms with Crippen LogP contribution in [0.2, 0.25) is 0 Å². The van der Waals surface area contributed by atoms with Gasteiger partial charge >= 0.3 is 0 Å². The van der Waals surface area contributed by atoms with Crippen LogP contribution >= 0.6 is 27.3 Å². The minimum atomic E-state index is -0.283. The summed E-state index contributed by atoms with van der Waals surface area (Å²) in [6, 6.07) is 2.09. The third kappa shape index (κ3) is 5.54. The first kappa shape index (κ1) is 15.2. The minimum absolute atomic E-state index is 0.283. The molecule has 0 aliphatic carbocycles. The topological polar surface area (TPSA) is 20.2 Å². The zero-order chi connectivity index (χ0) is 12.7. The fraction of sp³-hybridized carbons (Fsp3) is 0.714. The highest BCUT2D eigenvalue weighted by Crippen LogP contribution is 2.34. The van der Waals surface area contributed by atoms with Gasteiger partial charge in [0.1, 0.15) is 0 Å². The number of hydrogen-bond acceptors (Lipinski definition) is 2. The zero-order valence-corrected chi connectivity index (χ0v) is 13.2. The lowest BCUT2D eigenvalue weighted by molar-refractivity contribution is 0.166. The van der Waals surface area contributed by atoms with Gasteiger partial charge in [-0.2, -0.15) is 0 Å². The molecule has 1 N–H and O–H groups in total. The van der Waals surface area contributed by atoms with Crippen molar-refractivity contribution < 1.29 is 5.11 Å². The monoisotopic (exact) mass is 318 g/mol. The Balaban J connectivity index is 2.21. The number of thiophene rings is 1. The van der Waals surface area contributed by atoms with Gasteiger partial charge in [-0.05, 0) is 35.3 Å². The molecule has 0 saturated carbocycles. The fourth-order valence-electron chi connectivity index (χ4n) is 1.98. The van der Waals surface area contributed by atoms with Crippen molar-refractivity contribution >= 4 is 27.3 Å². The van der Waals surface area contributed by atoms with Gasteiger partial charge in [0, 0.05) is 14.2 Å². The second-order valence-corrected chi connectivity index (χ2v) is 6.78. The quantitative estimate of drug-likeness (QED) is 0.618. The minimum Gasteiger partial charge on any atom is -0.388 e. The molecular weight excluding hydrogens is 296 g/mol. The van der Waals surface area contributed by atoms with Crippen LogP contribution in [0.15, 0.2) is 10.5 Å². The predicted molar refractivity (Wildman–Crippen MR) is 79.7 cm³/mol. The maximum absolute atomic E-state index is 10.1. The van der Waals surface area contributed by atoms with Gasteiger partial charge in [0.05, 0.1) is 6.10 Å². The number of aryl methyl sites for hydroxylation is 1. The SMILES string of the molecule is CCCCCCCCC(O)c1sc(C)cc1Br. The van der Waals surface area contributed by atoms with Gasteiger partial charge in [-0.3, -0.25) is 0 Å². The molecule has 0 bridgehead atoms. The van der Waals surface area contributed by atoms with Crippen molar-refractivity contribution in [2.24, 2.45) is 0 Å². The molecular formula is C14H23BrOS. The van der Waals surface area contributed by atoms with Crippen molar-refractivity contribution in [3.05, 3.63) is 20.3 Å². The van der Waals surface area contributed by atoms with Gasteiger partial charge in [0.2, 0.25) is 0 Å². The molecule has 3 heteroatoms. The Morgan fingerprint density at radius 3 is 2.47 bits per heavy atom. The van der Waals surface area contributed by atoms with Gasteiger partial charge < -0.3 is 5.11 Å². The summed E-state index contributed by atoms with van der Waals surface area (Å²) in [5, 5.41) is 10.1. The van der Waals surface area contributed by atoms with Crippen LogP contribution in [0.4, 0.5) is 0 Å². The van der Waals surface area contributed by atoms with E-state index in [2.05, 4.69) is 35.8 Å². The molecule has 1 aromatic rings. The molecule has 0 aliphatic heterocycles. The maximum atomic E-state index is 10.1. The highest BCUT2D eigenvalue weighted by molar-refractivity contribution is 9.10. The lowest BCUT2D eigenvalue weighted by atomic mass is 10.1. The second kappa shape index (κ2) is 8.28. The number of halogens is 1. The molecule has 0 amide bonds. The third-order valence-electron chi connectivity index (χ3n) is 2.97. The van der Waals surface area contributed by atoms with Crippen molar-refractivity contribution in [2.75, 3.05) is 0 Å². The molecule has 0 radical (unpaired) electrons. The first-order valence-corrected chi connectivity index (χ1v) is 8.20. The van der Waals surface area contributed by atoms with Gasteiger partial charge in [-0.25, -0.2) is 0 Å². The van der Waals surface area contributed by atoms with Crippen molar-refractivity contribution in [2.45, 2.75) is 64.9 Å². The van der Waals surface area contributed by atoms with E-state index in [0.29, 0.717) is 0 Å². The molecule has 0 fully saturated rings. The Morgan fingerprint density at radius 1 is 1.24 bits per heavy atom. The van der Waals surface area contributed by atoms with E-state index in [1.54, 1.807) is 11.3 Å². The highest BCUT2D eigenvalue weighted by atomic mass is 79.9. The predicted octanol–water partition coefficient (Wildman–Crippen LogP) is 5.60. The second-order valence-electron chi connectivity index (χ2n) is 4.64. The Kier molecular flexibility index (Phi) is 7.40. The van der Waals surface area contributed by atoms with Crippen LogP contribution in [-0.2, 0) is 0 Å². The molecule has 0 aromatic carbocycles. The fourth-order valence-corrected chi connectivity index (χ4v) is 3.91. The molecule has 1 heterocycles. The summed E-state index contributed by atoms with van der Waals surface area (Å²) in [6.07, 6.45) is 8.29. The van der Waals surface area contributed by atoms with Crippen molar-refractivity contribution in [3.63, 3.8) is 0 Å². The normalized spacial score (nSPS) is 12.9. The Hall–Kier alpha value is 0.140. The average Bonchev–Trinajstić information content (AvgIpc) is 2.62. The van der Waals surface area contributed by atoms with Crippen LogP contribution in [0.3, 0.4) is 0 Å². The first-order chi connectivity index (χ1) is 8.15. The lowest BCUT2D eigenvalue weighted by Gasteiger charge is -2.09. The molecule has 0 aliphatic rings. The summed E-state index contributed by atoms with van der Waals surface area (Å²) < 4.78 is 1.07. The Bertz CT molecular complexity index is 322.